The average Bonchev–Trinajstić information content (AvgIpc) is 2.27. The minimum atomic E-state index is 0.410. The van der Waals surface area contributed by atoms with E-state index in [1.807, 2.05) is 0 Å². The minimum absolute atomic E-state index is 0.410. The molecule has 0 aliphatic heterocycles. The highest BCUT2D eigenvalue weighted by Crippen LogP contribution is 2.26. The maximum atomic E-state index is 2.61. The molecular formula is C17H33N. The van der Waals surface area contributed by atoms with Crippen LogP contribution in [0.3, 0.4) is 0 Å². The molecule has 18 heavy (non-hydrogen) atoms. The van der Waals surface area contributed by atoms with Crippen molar-refractivity contribution in [3.63, 3.8) is 0 Å². The molecule has 0 saturated heterocycles. The van der Waals surface area contributed by atoms with Gasteiger partial charge in [0.05, 0.1) is 0 Å². The van der Waals surface area contributed by atoms with Crippen LogP contribution in [0.1, 0.15) is 54.4 Å². The van der Waals surface area contributed by atoms with Crippen LogP contribution in [0, 0.1) is 11.3 Å². The zero-order valence-electron chi connectivity index (χ0n) is 13.4. The van der Waals surface area contributed by atoms with Gasteiger partial charge in [-0.25, -0.2) is 0 Å². The molecule has 0 aromatic rings. The Morgan fingerprint density at radius 2 is 1.78 bits per heavy atom. The molecule has 0 aliphatic carbocycles. The highest BCUT2D eigenvalue weighted by atomic mass is 15.1. The van der Waals surface area contributed by atoms with Gasteiger partial charge in [0.15, 0.2) is 0 Å². The lowest BCUT2D eigenvalue weighted by atomic mass is 9.82. The topological polar surface area (TPSA) is 3.24 Å². The largest absolute Gasteiger partial charge is 0.303 e. The maximum absolute atomic E-state index is 2.61. The fourth-order valence-corrected chi connectivity index (χ4v) is 1.81. The van der Waals surface area contributed by atoms with E-state index in [1.165, 1.54) is 26.1 Å². The van der Waals surface area contributed by atoms with E-state index in [9.17, 15) is 0 Å². The highest BCUT2D eigenvalue weighted by Gasteiger charge is 2.21. The van der Waals surface area contributed by atoms with Gasteiger partial charge < -0.3 is 4.90 Å². The molecule has 0 spiro atoms. The molecule has 1 atom stereocenters. The lowest BCUT2D eigenvalue weighted by molar-refractivity contribution is 0.163. The third-order valence-corrected chi connectivity index (χ3v) is 3.60. The van der Waals surface area contributed by atoms with Crippen LogP contribution in [0.25, 0.3) is 0 Å². The van der Waals surface area contributed by atoms with Crippen molar-refractivity contribution in [3.8, 4) is 0 Å². The Labute approximate surface area is 115 Å². The van der Waals surface area contributed by atoms with E-state index in [0.29, 0.717) is 5.41 Å². The van der Waals surface area contributed by atoms with Gasteiger partial charge in [-0.3, -0.25) is 0 Å². The molecule has 0 radical (unpaired) electrons. The second-order valence-electron chi connectivity index (χ2n) is 6.31. The van der Waals surface area contributed by atoms with Gasteiger partial charge in [0.25, 0.3) is 0 Å². The van der Waals surface area contributed by atoms with Crippen molar-refractivity contribution in [1.82, 2.24) is 4.90 Å². The molecule has 0 heterocycles. The van der Waals surface area contributed by atoms with Crippen LogP contribution >= 0.6 is 0 Å². The summed E-state index contributed by atoms with van der Waals surface area (Å²) in [4.78, 5) is 2.61. The van der Waals surface area contributed by atoms with E-state index in [4.69, 9.17) is 0 Å². The van der Waals surface area contributed by atoms with Crippen molar-refractivity contribution in [1.29, 1.82) is 0 Å². The van der Waals surface area contributed by atoms with Crippen molar-refractivity contribution in [2.24, 2.45) is 11.3 Å². The summed E-state index contributed by atoms with van der Waals surface area (Å²) in [6.45, 7) is 17.3. The van der Waals surface area contributed by atoms with Gasteiger partial charge in [-0.15, -0.1) is 0 Å². The van der Waals surface area contributed by atoms with Crippen LogP contribution in [0.4, 0.5) is 0 Å². The first kappa shape index (κ1) is 17.4. The number of hydrogen-bond donors (Lipinski definition) is 0. The molecule has 0 saturated carbocycles. The first-order chi connectivity index (χ1) is 8.41. The summed E-state index contributed by atoms with van der Waals surface area (Å²) in [5.74, 6) is 0.739. The molecule has 1 unspecified atom stereocenters. The van der Waals surface area contributed by atoms with E-state index in [0.717, 1.165) is 12.3 Å². The zero-order chi connectivity index (χ0) is 14.0. The Balaban J connectivity index is 4.14. The summed E-state index contributed by atoms with van der Waals surface area (Å²) in [5.41, 5.74) is 0.410. The van der Waals surface area contributed by atoms with E-state index in [-0.39, 0.29) is 0 Å². The second kappa shape index (κ2) is 9.38. The summed E-state index contributed by atoms with van der Waals surface area (Å²) in [6, 6.07) is 0. The first-order valence-electron chi connectivity index (χ1n) is 7.42. The van der Waals surface area contributed by atoms with Crippen molar-refractivity contribution in [3.05, 3.63) is 24.3 Å². The molecule has 1 heteroatoms. The van der Waals surface area contributed by atoms with Crippen molar-refractivity contribution >= 4 is 0 Å². The van der Waals surface area contributed by atoms with E-state index < -0.39 is 0 Å². The van der Waals surface area contributed by atoms with Crippen LogP contribution < -0.4 is 0 Å². The maximum Gasteiger partial charge on any atom is 0.00161 e. The molecule has 0 amide bonds. The first-order valence-corrected chi connectivity index (χ1v) is 7.42. The van der Waals surface area contributed by atoms with E-state index in [2.05, 4.69) is 70.7 Å². The molecule has 0 bridgehead atoms. The molecule has 0 fully saturated rings. The van der Waals surface area contributed by atoms with Crippen LogP contribution in [-0.2, 0) is 0 Å². The normalized spacial score (nSPS) is 15.1. The van der Waals surface area contributed by atoms with Gasteiger partial charge >= 0.3 is 0 Å². The molecule has 0 aromatic heterocycles. The number of rotatable bonds is 8. The zero-order valence-corrected chi connectivity index (χ0v) is 13.4. The quantitative estimate of drug-likeness (QED) is 0.554. The molecule has 1 nitrogen and oxygen atoms in total. The molecule has 0 aromatic carbocycles. The Hall–Kier alpha value is -0.560. The predicted octanol–water partition coefficient (Wildman–Crippen LogP) is 4.90. The minimum Gasteiger partial charge on any atom is -0.303 e. The fraction of sp³-hybridized carbons (Fsp3) is 0.765. The number of allylic oxidation sites excluding steroid dienone is 3. The van der Waals surface area contributed by atoms with Crippen molar-refractivity contribution in [2.45, 2.75) is 54.4 Å². The summed E-state index contributed by atoms with van der Waals surface area (Å²) >= 11 is 0. The summed E-state index contributed by atoms with van der Waals surface area (Å²) in [7, 11) is 0. The molecule has 0 aliphatic rings. The summed E-state index contributed by atoms with van der Waals surface area (Å²) in [5, 5.41) is 0. The number of nitrogens with zero attached hydrogens (tertiary/aromatic N) is 1. The van der Waals surface area contributed by atoms with E-state index >= 15 is 0 Å². The number of hydrogen-bond acceptors (Lipinski definition) is 1. The van der Waals surface area contributed by atoms with Gasteiger partial charge in [-0.05, 0) is 37.6 Å². The van der Waals surface area contributed by atoms with Crippen LogP contribution in [0.15, 0.2) is 24.3 Å². The van der Waals surface area contributed by atoms with Crippen molar-refractivity contribution in [2.75, 3.05) is 19.6 Å². The summed E-state index contributed by atoms with van der Waals surface area (Å²) in [6.07, 6.45) is 11.0. The standard InChI is InChI=1S/C17H33N/c1-7-9-10-11-12-14-18(13-8-2)15-16(3)17(4,5)6/h7,9-11,16H,8,12-15H2,1-6H3/b9-7-,11-10-. The monoisotopic (exact) mass is 251 g/mol. The Kier molecular flexibility index (Phi) is 9.09. The fourth-order valence-electron chi connectivity index (χ4n) is 1.81. The molecular weight excluding hydrogens is 218 g/mol. The Morgan fingerprint density at radius 3 is 2.28 bits per heavy atom. The second-order valence-corrected chi connectivity index (χ2v) is 6.31. The van der Waals surface area contributed by atoms with Gasteiger partial charge in [0.2, 0.25) is 0 Å². The van der Waals surface area contributed by atoms with Gasteiger partial charge in [-0.2, -0.15) is 0 Å². The Bertz CT molecular complexity index is 245. The average molecular weight is 251 g/mol. The van der Waals surface area contributed by atoms with Crippen LogP contribution in [0.2, 0.25) is 0 Å². The predicted molar refractivity (Wildman–Crippen MR) is 83.9 cm³/mol. The van der Waals surface area contributed by atoms with E-state index in [1.54, 1.807) is 0 Å². The highest BCUT2D eigenvalue weighted by molar-refractivity contribution is 5.01. The van der Waals surface area contributed by atoms with Crippen LogP contribution in [0.5, 0.6) is 0 Å². The molecule has 106 valence electrons. The lowest BCUT2D eigenvalue weighted by Gasteiger charge is -2.32. The van der Waals surface area contributed by atoms with Gasteiger partial charge in [0, 0.05) is 13.1 Å². The van der Waals surface area contributed by atoms with Crippen LogP contribution in [-0.4, -0.2) is 24.5 Å². The van der Waals surface area contributed by atoms with Gasteiger partial charge in [0.1, 0.15) is 0 Å². The molecule has 0 N–H and O–H groups in total. The van der Waals surface area contributed by atoms with Crippen molar-refractivity contribution < 1.29 is 0 Å². The lowest BCUT2D eigenvalue weighted by Crippen LogP contribution is -2.35. The SMILES string of the molecule is C/C=C\C=C/CCN(CCC)CC(C)C(C)(C)C. The van der Waals surface area contributed by atoms with Gasteiger partial charge in [-0.1, -0.05) is 58.9 Å². The Morgan fingerprint density at radius 1 is 1.11 bits per heavy atom. The third kappa shape index (κ3) is 8.52. The third-order valence-electron chi connectivity index (χ3n) is 3.60. The summed E-state index contributed by atoms with van der Waals surface area (Å²) < 4.78 is 0. The smallest absolute Gasteiger partial charge is 0.00161 e. The molecule has 0 rings (SSSR count).